The maximum absolute atomic E-state index is 10.2. The third-order valence-electron chi connectivity index (χ3n) is 2.56. The molecule has 1 aliphatic heterocycles. The fourth-order valence-corrected chi connectivity index (χ4v) is 1.74. The van der Waals surface area contributed by atoms with Crippen molar-refractivity contribution in [3.63, 3.8) is 0 Å². The molecule has 1 fully saturated rings. The van der Waals surface area contributed by atoms with Crippen molar-refractivity contribution in [1.82, 2.24) is 10.6 Å². The fraction of sp³-hybridized carbons (Fsp3) is 0.778. The van der Waals surface area contributed by atoms with E-state index in [-0.39, 0.29) is 34.7 Å². The van der Waals surface area contributed by atoms with Gasteiger partial charge in [-0.3, -0.25) is 0 Å². The van der Waals surface area contributed by atoms with Gasteiger partial charge in [0.1, 0.15) is 24.4 Å². The van der Waals surface area contributed by atoms with Gasteiger partial charge in [0.05, 0.1) is 19.1 Å². The Kier molecular flexibility index (Phi) is 9.06. The van der Waals surface area contributed by atoms with Crippen LogP contribution in [0.15, 0.2) is 0 Å². The number of rotatable bonds is 4. The normalized spacial score (nSPS) is 32.9. The van der Waals surface area contributed by atoms with E-state index >= 15 is 0 Å². The van der Waals surface area contributed by atoms with Crippen molar-refractivity contribution in [2.75, 3.05) is 13.2 Å². The predicted octanol–water partition coefficient (Wildman–Crippen LogP) is -8.00. The second kappa shape index (κ2) is 9.07. The maximum Gasteiger partial charge on any atom is 1.00 e. The molecule has 0 spiro atoms. The van der Waals surface area contributed by atoms with Gasteiger partial charge in [-0.1, -0.05) is 0 Å². The Morgan fingerprint density at radius 3 is 2.35 bits per heavy atom. The maximum atomic E-state index is 10.2. The van der Waals surface area contributed by atoms with E-state index in [0.717, 1.165) is 0 Å². The minimum Gasteiger partial charge on any atom is -0.548 e. The van der Waals surface area contributed by atoms with E-state index < -0.39 is 49.8 Å². The van der Waals surface area contributed by atoms with Crippen molar-refractivity contribution >= 4 is 23.3 Å². The number of nitrogens with one attached hydrogen (secondary N) is 2. The zero-order valence-corrected chi connectivity index (χ0v) is 13.5. The quantitative estimate of drug-likeness (QED) is 0.217. The van der Waals surface area contributed by atoms with E-state index in [2.05, 4.69) is 10.6 Å². The number of aliphatic hydroxyl groups is 4. The minimum absolute atomic E-state index is 0. The molecule has 0 aromatic heterocycles. The molecule has 6 N–H and O–H groups in total. The van der Waals surface area contributed by atoms with Gasteiger partial charge in [0.2, 0.25) is 0 Å². The van der Waals surface area contributed by atoms with E-state index in [0.29, 0.717) is 0 Å². The summed E-state index contributed by atoms with van der Waals surface area (Å²) in [5, 5.41) is 52.4. The molecule has 1 saturated heterocycles. The molecule has 20 heavy (non-hydrogen) atoms. The third kappa shape index (κ3) is 5.39. The van der Waals surface area contributed by atoms with Crippen LogP contribution in [0.2, 0.25) is 0 Å². The van der Waals surface area contributed by atoms with E-state index in [1.54, 1.807) is 0 Å². The molecule has 9 nitrogen and oxygen atoms in total. The van der Waals surface area contributed by atoms with Crippen LogP contribution >= 0.6 is 12.2 Å². The summed E-state index contributed by atoms with van der Waals surface area (Å²) in [6.07, 6.45) is -6.77. The van der Waals surface area contributed by atoms with Crippen molar-refractivity contribution in [3.8, 4) is 0 Å². The van der Waals surface area contributed by atoms with Gasteiger partial charge in [0.25, 0.3) is 0 Å². The Morgan fingerprint density at radius 2 is 1.85 bits per heavy atom. The average molecular weight is 318 g/mol. The van der Waals surface area contributed by atoms with Crippen LogP contribution in [0.4, 0.5) is 0 Å². The zero-order chi connectivity index (χ0) is 14.6. The molecular weight excluding hydrogens is 303 g/mol. The largest absolute Gasteiger partial charge is 1.00 e. The number of hydrogen-bond donors (Lipinski definition) is 6. The number of carboxylic acid groups (broad SMARTS) is 1. The number of carboxylic acids is 1. The van der Waals surface area contributed by atoms with E-state index in [4.69, 9.17) is 22.1 Å². The molecule has 0 saturated carbocycles. The summed E-state index contributed by atoms with van der Waals surface area (Å²) in [5.74, 6) is -1.38. The molecule has 0 aliphatic carbocycles. The molecule has 5 atom stereocenters. The Hall–Kier alpha value is -0.0400. The molecule has 0 amide bonds. The SMILES string of the molecule is O=C([O-])CNC(=S)N[C@@H]1O[C@H](CO)[C@@H](O)[C@H](O)[C@H]1O.[Na+]. The van der Waals surface area contributed by atoms with Gasteiger partial charge in [0.15, 0.2) is 11.3 Å². The van der Waals surface area contributed by atoms with Crippen molar-refractivity contribution in [3.05, 3.63) is 0 Å². The summed E-state index contributed by atoms with van der Waals surface area (Å²) in [5.41, 5.74) is 0. The van der Waals surface area contributed by atoms with Crippen LogP contribution in [0.1, 0.15) is 0 Å². The van der Waals surface area contributed by atoms with Crippen LogP contribution in [0.25, 0.3) is 0 Å². The van der Waals surface area contributed by atoms with Gasteiger partial charge in [-0.2, -0.15) is 0 Å². The fourth-order valence-electron chi connectivity index (χ4n) is 1.55. The number of thiocarbonyl (C=S) groups is 1. The number of aliphatic hydroxyl groups excluding tert-OH is 4. The topological polar surface area (TPSA) is 154 Å². The first kappa shape index (κ1) is 20.0. The monoisotopic (exact) mass is 318 g/mol. The number of carbonyl (C=O) groups excluding carboxylic acids is 1. The number of hydrogen-bond acceptors (Lipinski definition) is 8. The molecule has 0 bridgehead atoms. The first-order chi connectivity index (χ1) is 8.86. The number of aliphatic carboxylic acids is 1. The van der Waals surface area contributed by atoms with Gasteiger partial charge in [-0.25, -0.2) is 0 Å². The smallest absolute Gasteiger partial charge is 0.548 e. The molecule has 1 heterocycles. The van der Waals surface area contributed by atoms with Crippen molar-refractivity contribution in [2.45, 2.75) is 30.6 Å². The molecule has 11 heteroatoms. The van der Waals surface area contributed by atoms with Crippen LogP contribution in [0, 0.1) is 0 Å². The Morgan fingerprint density at radius 1 is 1.25 bits per heavy atom. The summed E-state index contributed by atoms with van der Waals surface area (Å²) in [6.45, 7) is -1.11. The molecule has 0 aromatic carbocycles. The Balaban J connectivity index is 0.00000361. The molecule has 1 aliphatic rings. The molecule has 0 aromatic rings. The van der Waals surface area contributed by atoms with Gasteiger partial charge in [-0.15, -0.1) is 0 Å². The van der Waals surface area contributed by atoms with Crippen molar-refractivity contribution in [2.24, 2.45) is 0 Å². The molecule has 110 valence electrons. The van der Waals surface area contributed by atoms with E-state index in [1.807, 2.05) is 0 Å². The zero-order valence-electron chi connectivity index (χ0n) is 10.7. The Labute approximate surface area is 142 Å². The summed E-state index contributed by atoms with van der Waals surface area (Å²) >= 11 is 4.74. The van der Waals surface area contributed by atoms with Crippen LogP contribution < -0.4 is 45.3 Å². The first-order valence-electron chi connectivity index (χ1n) is 5.41. The number of ether oxygens (including phenoxy) is 1. The van der Waals surface area contributed by atoms with Gasteiger partial charge in [0, 0.05) is 0 Å². The van der Waals surface area contributed by atoms with E-state index in [1.165, 1.54) is 0 Å². The van der Waals surface area contributed by atoms with Crippen molar-refractivity contribution < 1.29 is 64.6 Å². The first-order valence-corrected chi connectivity index (χ1v) is 5.82. The molecule has 0 unspecified atom stereocenters. The molecule has 0 radical (unpaired) electrons. The second-order valence-electron chi connectivity index (χ2n) is 3.95. The molecule has 1 rings (SSSR count). The third-order valence-corrected chi connectivity index (χ3v) is 2.82. The summed E-state index contributed by atoms with van der Waals surface area (Å²) in [7, 11) is 0. The average Bonchev–Trinajstić information content (AvgIpc) is 2.37. The van der Waals surface area contributed by atoms with Crippen LogP contribution in [0.5, 0.6) is 0 Å². The summed E-state index contributed by atoms with van der Waals surface area (Å²) < 4.78 is 5.10. The Bertz CT molecular complexity index is 346. The number of carbonyl (C=O) groups is 1. The van der Waals surface area contributed by atoms with Crippen molar-refractivity contribution in [1.29, 1.82) is 0 Å². The summed E-state index contributed by atoms with van der Waals surface area (Å²) in [6, 6.07) is 0. The van der Waals surface area contributed by atoms with Gasteiger partial charge in [-0.05, 0) is 12.2 Å². The van der Waals surface area contributed by atoms with Gasteiger partial charge < -0.3 is 45.7 Å². The molecular formula is C9H15N2NaO7S. The minimum atomic E-state index is -1.53. The standard InChI is InChI=1S/C9H16N2O7S.Na/c12-2-3-5(15)6(16)7(17)8(18-3)11-9(19)10-1-4(13)14;/h3,5-8,12,15-17H,1-2H2,(H,13,14)(H2,10,11,19);/q;+1/p-1/t3-,5-,6+,7-,8-;/m1./s1. The van der Waals surface area contributed by atoms with Crippen LogP contribution in [0.3, 0.4) is 0 Å². The van der Waals surface area contributed by atoms with Crippen LogP contribution in [-0.4, -0.2) is 75.3 Å². The van der Waals surface area contributed by atoms with Gasteiger partial charge >= 0.3 is 29.6 Å². The second-order valence-corrected chi connectivity index (χ2v) is 4.36. The predicted molar refractivity (Wildman–Crippen MR) is 62.5 cm³/mol. The van der Waals surface area contributed by atoms with E-state index in [9.17, 15) is 25.2 Å². The van der Waals surface area contributed by atoms with Crippen LogP contribution in [-0.2, 0) is 9.53 Å². The summed E-state index contributed by atoms with van der Waals surface area (Å²) in [4.78, 5) is 10.2.